The molecule has 0 aromatic heterocycles. The first-order chi connectivity index (χ1) is 9.58. The average Bonchev–Trinajstić information content (AvgIpc) is 2.37. The van der Waals surface area contributed by atoms with E-state index in [9.17, 15) is 14.4 Å². The molecule has 1 N–H and O–H groups in total. The number of amides is 4. The predicted molar refractivity (Wildman–Crippen MR) is 76.2 cm³/mol. The maximum atomic E-state index is 12.7. The van der Waals surface area contributed by atoms with Crippen molar-refractivity contribution in [3.63, 3.8) is 0 Å². The number of thioether (sulfide) groups is 1. The van der Waals surface area contributed by atoms with Crippen molar-refractivity contribution in [2.75, 3.05) is 6.26 Å². The van der Waals surface area contributed by atoms with Crippen molar-refractivity contribution >= 4 is 29.6 Å². The van der Waals surface area contributed by atoms with Crippen LogP contribution in [-0.4, -0.2) is 40.3 Å². The molecule has 6 heteroatoms. The van der Waals surface area contributed by atoms with Crippen LogP contribution in [0, 0.1) is 5.41 Å². The summed E-state index contributed by atoms with van der Waals surface area (Å²) >= 11 is 1.80. The number of hydrogen-bond acceptors (Lipinski definition) is 4. The molecule has 0 aromatic rings. The summed E-state index contributed by atoms with van der Waals surface area (Å²) in [7, 11) is 0. The number of rotatable bonds is 2. The van der Waals surface area contributed by atoms with Gasteiger partial charge < -0.3 is 0 Å². The first-order valence-electron chi connectivity index (χ1n) is 7.30. The fraction of sp³-hybridized carbons (Fsp3) is 0.786. The Labute approximate surface area is 122 Å². The number of carbonyl (C=O) groups excluding carboxylic acids is 3. The monoisotopic (exact) mass is 296 g/mol. The Morgan fingerprint density at radius 1 is 1.20 bits per heavy atom. The summed E-state index contributed by atoms with van der Waals surface area (Å²) in [5, 5.41) is 2.91. The molecule has 0 aromatic carbocycles. The molecule has 1 spiro atoms. The van der Waals surface area contributed by atoms with Crippen LogP contribution in [0.25, 0.3) is 0 Å². The molecule has 20 heavy (non-hydrogen) atoms. The molecule has 3 fully saturated rings. The van der Waals surface area contributed by atoms with Crippen LogP contribution in [-0.2, 0) is 9.59 Å². The molecule has 2 aliphatic carbocycles. The topological polar surface area (TPSA) is 66.5 Å². The lowest BCUT2D eigenvalue weighted by molar-refractivity contribution is -0.159. The van der Waals surface area contributed by atoms with Gasteiger partial charge in [-0.2, -0.15) is 11.8 Å². The summed E-state index contributed by atoms with van der Waals surface area (Å²) < 4.78 is 0. The number of nitrogens with one attached hydrogen (secondary N) is 1. The molecule has 3 rings (SSSR count). The van der Waals surface area contributed by atoms with Crippen LogP contribution in [0.5, 0.6) is 0 Å². The van der Waals surface area contributed by atoms with Crippen LogP contribution in [0.15, 0.2) is 0 Å². The minimum atomic E-state index is -0.930. The van der Waals surface area contributed by atoms with Crippen molar-refractivity contribution in [2.24, 2.45) is 5.41 Å². The molecule has 1 heterocycles. The molecular weight excluding hydrogens is 276 g/mol. The minimum Gasteiger partial charge on any atom is -0.277 e. The van der Waals surface area contributed by atoms with Crippen LogP contribution in [0.2, 0.25) is 0 Å². The fourth-order valence-corrected chi connectivity index (χ4v) is 4.39. The fourth-order valence-electron chi connectivity index (χ4n) is 3.57. The van der Waals surface area contributed by atoms with Gasteiger partial charge >= 0.3 is 6.03 Å². The summed E-state index contributed by atoms with van der Waals surface area (Å²) in [5.41, 5.74) is -0.930. The van der Waals surface area contributed by atoms with E-state index in [0.29, 0.717) is 18.1 Å². The van der Waals surface area contributed by atoms with E-state index in [1.54, 1.807) is 11.8 Å². The zero-order valence-electron chi connectivity index (χ0n) is 11.7. The highest BCUT2D eigenvalue weighted by molar-refractivity contribution is 7.99. The quantitative estimate of drug-likeness (QED) is 0.791. The molecule has 1 aliphatic heterocycles. The Hall–Kier alpha value is -1.04. The van der Waals surface area contributed by atoms with E-state index >= 15 is 0 Å². The zero-order chi connectivity index (χ0) is 14.3. The number of urea groups is 1. The number of barbiturate groups is 1. The molecule has 0 radical (unpaired) electrons. The summed E-state index contributed by atoms with van der Waals surface area (Å²) in [6, 6.07) is -0.552. The van der Waals surface area contributed by atoms with Gasteiger partial charge in [-0.25, -0.2) is 4.79 Å². The molecule has 0 bridgehead atoms. The van der Waals surface area contributed by atoms with Gasteiger partial charge in [-0.15, -0.1) is 0 Å². The summed E-state index contributed by atoms with van der Waals surface area (Å²) in [6.07, 6.45) is 8.02. The van der Waals surface area contributed by atoms with Gasteiger partial charge in [0.15, 0.2) is 0 Å². The van der Waals surface area contributed by atoms with Crippen LogP contribution >= 0.6 is 11.8 Å². The van der Waals surface area contributed by atoms with Crippen molar-refractivity contribution in [3.05, 3.63) is 0 Å². The third kappa shape index (κ3) is 1.96. The highest BCUT2D eigenvalue weighted by Gasteiger charge is 2.58. The molecule has 5 nitrogen and oxygen atoms in total. The summed E-state index contributed by atoms with van der Waals surface area (Å²) in [5.74, 6) is -0.628. The smallest absolute Gasteiger partial charge is 0.277 e. The first kappa shape index (κ1) is 13.9. The summed E-state index contributed by atoms with van der Waals surface area (Å²) in [4.78, 5) is 38.1. The number of carbonyl (C=O) groups is 3. The van der Waals surface area contributed by atoms with Crippen molar-refractivity contribution < 1.29 is 14.4 Å². The Morgan fingerprint density at radius 3 is 2.55 bits per heavy atom. The maximum absolute atomic E-state index is 12.7. The van der Waals surface area contributed by atoms with Crippen LogP contribution < -0.4 is 5.32 Å². The van der Waals surface area contributed by atoms with Crippen LogP contribution in [0.1, 0.15) is 44.9 Å². The van der Waals surface area contributed by atoms with E-state index in [1.165, 1.54) is 4.90 Å². The highest BCUT2D eigenvalue weighted by Crippen LogP contribution is 2.45. The first-order valence-corrected chi connectivity index (χ1v) is 8.59. The second kappa shape index (κ2) is 5.06. The van der Waals surface area contributed by atoms with Gasteiger partial charge in [0.2, 0.25) is 11.8 Å². The Kier molecular flexibility index (Phi) is 3.52. The van der Waals surface area contributed by atoms with Gasteiger partial charge in [-0.3, -0.25) is 19.8 Å². The molecule has 2 atom stereocenters. The summed E-state index contributed by atoms with van der Waals surface area (Å²) in [6.45, 7) is 0. The van der Waals surface area contributed by atoms with E-state index in [-0.39, 0.29) is 17.9 Å². The van der Waals surface area contributed by atoms with Crippen molar-refractivity contribution in [1.82, 2.24) is 10.2 Å². The molecule has 2 saturated carbocycles. The van der Waals surface area contributed by atoms with E-state index in [4.69, 9.17) is 0 Å². The molecule has 110 valence electrons. The Balaban J connectivity index is 1.82. The molecule has 1 saturated heterocycles. The van der Waals surface area contributed by atoms with Gasteiger partial charge in [0.25, 0.3) is 0 Å². The minimum absolute atomic E-state index is 0.0423. The number of nitrogens with zero attached hydrogens (tertiary/aromatic N) is 1. The van der Waals surface area contributed by atoms with E-state index in [0.717, 1.165) is 32.1 Å². The standard InChI is InChI=1S/C14H20N2O3S/c1-20-10-5-2-4-9(8-10)16-12(18)14(6-3-7-14)11(17)15-13(16)19/h9-10H,2-8H2,1H3,(H,15,17,19). The third-order valence-corrected chi connectivity index (χ3v) is 6.10. The van der Waals surface area contributed by atoms with Crippen LogP contribution in [0.3, 0.4) is 0 Å². The van der Waals surface area contributed by atoms with Gasteiger partial charge in [0.05, 0.1) is 0 Å². The zero-order valence-corrected chi connectivity index (χ0v) is 12.5. The van der Waals surface area contributed by atoms with Gasteiger partial charge in [0, 0.05) is 11.3 Å². The molecule has 3 aliphatic rings. The lowest BCUT2D eigenvalue weighted by Gasteiger charge is -2.47. The third-order valence-electron chi connectivity index (χ3n) is 5.01. The largest absolute Gasteiger partial charge is 0.331 e. The molecule has 2 unspecified atom stereocenters. The van der Waals surface area contributed by atoms with E-state index in [1.807, 2.05) is 0 Å². The molecular formula is C14H20N2O3S. The van der Waals surface area contributed by atoms with Crippen LogP contribution in [0.4, 0.5) is 4.79 Å². The second-order valence-corrected chi connectivity index (χ2v) is 7.19. The van der Waals surface area contributed by atoms with Crippen molar-refractivity contribution in [3.8, 4) is 0 Å². The van der Waals surface area contributed by atoms with Crippen molar-refractivity contribution in [2.45, 2.75) is 56.2 Å². The molecule has 4 amide bonds. The van der Waals surface area contributed by atoms with E-state index in [2.05, 4.69) is 11.6 Å². The average molecular weight is 296 g/mol. The predicted octanol–water partition coefficient (Wildman–Crippen LogP) is 1.91. The second-order valence-electron chi connectivity index (χ2n) is 6.05. The van der Waals surface area contributed by atoms with E-state index < -0.39 is 11.4 Å². The SMILES string of the molecule is CSC1CCCC(N2C(=O)NC(=O)C3(CCC3)C2=O)C1. The number of imide groups is 2. The Morgan fingerprint density at radius 2 is 1.95 bits per heavy atom. The lowest BCUT2D eigenvalue weighted by Crippen LogP contribution is -2.68. The lowest BCUT2D eigenvalue weighted by atomic mass is 9.66. The Bertz CT molecular complexity index is 461. The van der Waals surface area contributed by atoms with Gasteiger partial charge in [0.1, 0.15) is 5.41 Å². The van der Waals surface area contributed by atoms with Gasteiger partial charge in [-0.1, -0.05) is 12.8 Å². The normalized spacial score (nSPS) is 33.0. The van der Waals surface area contributed by atoms with Gasteiger partial charge in [-0.05, 0) is 38.4 Å². The van der Waals surface area contributed by atoms with Crippen molar-refractivity contribution in [1.29, 1.82) is 0 Å². The highest BCUT2D eigenvalue weighted by atomic mass is 32.2. The maximum Gasteiger partial charge on any atom is 0.331 e. The number of hydrogen-bond donors (Lipinski definition) is 1.